The quantitative estimate of drug-likeness (QED) is 0.183. The molecule has 2 aliphatic rings. The molecule has 50 heavy (non-hydrogen) atoms. The fraction of sp³-hybridized carbons (Fsp3) is 0.171. The molecule has 1 N–H and O–H groups in total. The molecule has 0 aromatic heterocycles. The summed E-state index contributed by atoms with van der Waals surface area (Å²) >= 11 is 1.71. The van der Waals surface area contributed by atoms with Gasteiger partial charge in [0.05, 0.1) is 11.3 Å². The standard InChI is InChI=1S/C21H19FOS.C20H17FO4S/c1-13(23)10-19-14(2)20(18-9-6-16(22)12-21(18)19)11-15-4-7-17(24-3)8-5-15;1-12-17(9-13-3-6-15(7-4-13)26(2,24)25)16-8-5-14(21)10-19(16)18(12)11-20(22)23/h4-9,11-12H,10H2,1-3H3;3-10H,11H2,1-2H3,(H,22,23)/b20-11-;17-9-. The summed E-state index contributed by atoms with van der Waals surface area (Å²) in [7, 11) is -3.27. The van der Waals surface area contributed by atoms with Crippen molar-refractivity contribution in [2.75, 3.05) is 12.5 Å². The van der Waals surface area contributed by atoms with Crippen molar-refractivity contribution in [2.24, 2.45) is 0 Å². The van der Waals surface area contributed by atoms with Gasteiger partial charge in [0.2, 0.25) is 0 Å². The van der Waals surface area contributed by atoms with Gasteiger partial charge in [-0.1, -0.05) is 36.4 Å². The van der Waals surface area contributed by atoms with Gasteiger partial charge in [-0.05, 0) is 155 Å². The molecule has 0 saturated heterocycles. The van der Waals surface area contributed by atoms with Crippen molar-refractivity contribution < 1.29 is 31.9 Å². The number of rotatable bonds is 8. The third kappa shape index (κ3) is 8.12. The van der Waals surface area contributed by atoms with E-state index >= 15 is 0 Å². The first-order valence-corrected chi connectivity index (χ1v) is 18.9. The molecule has 2 aliphatic carbocycles. The van der Waals surface area contributed by atoms with Crippen LogP contribution >= 0.6 is 11.8 Å². The number of carboxylic acid groups (broad SMARTS) is 1. The van der Waals surface area contributed by atoms with Crippen LogP contribution in [0.5, 0.6) is 0 Å². The maximum atomic E-state index is 13.7. The number of hydrogen-bond donors (Lipinski definition) is 1. The second-order valence-electron chi connectivity index (χ2n) is 12.3. The van der Waals surface area contributed by atoms with Gasteiger partial charge in [-0.3, -0.25) is 9.59 Å². The van der Waals surface area contributed by atoms with Gasteiger partial charge >= 0.3 is 5.97 Å². The summed E-state index contributed by atoms with van der Waals surface area (Å²) in [5, 5.41) is 9.17. The van der Waals surface area contributed by atoms with Gasteiger partial charge in [-0.2, -0.15) is 0 Å². The molecule has 0 fully saturated rings. The van der Waals surface area contributed by atoms with Crippen LogP contribution in [0, 0.1) is 11.6 Å². The lowest BCUT2D eigenvalue weighted by Crippen LogP contribution is -1.97. The molecule has 0 unspecified atom stereocenters. The number of carbonyl (C=O) groups is 2. The summed E-state index contributed by atoms with van der Waals surface area (Å²) in [5.41, 5.74) is 10.3. The first-order valence-electron chi connectivity index (χ1n) is 15.8. The van der Waals surface area contributed by atoms with Gasteiger partial charge in [0.1, 0.15) is 17.4 Å². The van der Waals surface area contributed by atoms with Crippen LogP contribution in [0.15, 0.2) is 106 Å². The number of fused-ring (bicyclic) bond motifs is 2. The molecule has 6 rings (SSSR count). The summed E-state index contributed by atoms with van der Waals surface area (Å²) in [4.78, 5) is 24.3. The molecule has 4 aromatic rings. The summed E-state index contributed by atoms with van der Waals surface area (Å²) in [6.45, 7) is 5.40. The predicted molar refractivity (Wildman–Crippen MR) is 199 cm³/mol. The minimum Gasteiger partial charge on any atom is -0.481 e. The first kappa shape index (κ1) is 36.4. The van der Waals surface area contributed by atoms with Gasteiger partial charge in [-0.15, -0.1) is 11.8 Å². The highest BCUT2D eigenvalue weighted by Gasteiger charge is 2.26. The minimum atomic E-state index is -3.27. The lowest BCUT2D eigenvalue weighted by Gasteiger charge is -2.05. The number of allylic oxidation sites excluding steroid dienone is 5. The Hall–Kier alpha value is -4.86. The average Bonchev–Trinajstić information content (AvgIpc) is 3.45. The van der Waals surface area contributed by atoms with E-state index in [1.807, 2.05) is 26.0 Å². The van der Waals surface area contributed by atoms with E-state index < -0.39 is 21.6 Å². The Labute approximate surface area is 295 Å². The average molecular weight is 711 g/mol. The van der Waals surface area contributed by atoms with Crippen molar-refractivity contribution in [1.29, 1.82) is 0 Å². The van der Waals surface area contributed by atoms with Gasteiger partial charge in [0, 0.05) is 17.6 Å². The Balaban J connectivity index is 0.000000195. The molecule has 0 heterocycles. The number of hydrogen-bond acceptors (Lipinski definition) is 5. The highest BCUT2D eigenvalue weighted by atomic mass is 32.2. The first-order chi connectivity index (χ1) is 23.7. The number of benzene rings is 4. The second kappa shape index (κ2) is 14.9. The molecule has 5 nitrogen and oxygen atoms in total. The fourth-order valence-electron chi connectivity index (χ4n) is 6.21. The van der Waals surface area contributed by atoms with E-state index in [-0.39, 0.29) is 22.9 Å². The number of carboxylic acids is 1. The number of carbonyl (C=O) groups excluding carboxylic acids is 1. The number of thioether (sulfide) groups is 1. The van der Waals surface area contributed by atoms with E-state index in [0.717, 1.165) is 61.9 Å². The summed E-state index contributed by atoms with van der Waals surface area (Å²) in [5.74, 6) is -1.58. The number of sulfone groups is 1. The van der Waals surface area contributed by atoms with Crippen LogP contribution in [0.1, 0.15) is 67.0 Å². The van der Waals surface area contributed by atoms with Crippen molar-refractivity contribution in [3.63, 3.8) is 0 Å². The maximum absolute atomic E-state index is 13.7. The number of aliphatic carboxylic acids is 1. The van der Waals surface area contributed by atoms with Gasteiger partial charge < -0.3 is 5.11 Å². The molecule has 0 amide bonds. The molecular formula is C41H36F2O5S2. The minimum absolute atomic E-state index is 0.0881. The molecule has 0 radical (unpaired) electrons. The van der Waals surface area contributed by atoms with Crippen LogP contribution in [-0.4, -0.2) is 37.8 Å². The Morgan fingerprint density at radius 3 is 1.54 bits per heavy atom. The van der Waals surface area contributed by atoms with Crippen molar-refractivity contribution >= 4 is 67.8 Å². The zero-order valence-corrected chi connectivity index (χ0v) is 29.9. The van der Waals surface area contributed by atoms with Crippen LogP contribution in [0.4, 0.5) is 8.78 Å². The predicted octanol–water partition coefficient (Wildman–Crippen LogP) is 9.89. The Morgan fingerprint density at radius 1 is 0.700 bits per heavy atom. The molecule has 0 bridgehead atoms. The molecular weight excluding hydrogens is 675 g/mol. The number of ketones is 1. The molecule has 256 valence electrons. The lowest BCUT2D eigenvalue weighted by atomic mass is 10.0. The molecule has 9 heteroatoms. The second-order valence-corrected chi connectivity index (χ2v) is 15.2. The van der Waals surface area contributed by atoms with E-state index in [1.165, 1.54) is 41.3 Å². The third-order valence-corrected chi connectivity index (χ3v) is 10.6. The van der Waals surface area contributed by atoms with Crippen LogP contribution in [0.25, 0.3) is 34.4 Å². The van der Waals surface area contributed by atoms with Crippen molar-refractivity contribution in [2.45, 2.75) is 43.4 Å². The van der Waals surface area contributed by atoms with Crippen molar-refractivity contribution in [1.82, 2.24) is 0 Å². The van der Waals surface area contributed by atoms with Crippen LogP contribution in [-0.2, 0) is 19.4 Å². The SMILES string of the molecule is CC1=C(CC(=O)O)c2cc(F)ccc2/C1=C\c1ccc(S(C)(=O)=O)cc1.CSc1ccc(/C=C2/C(C)=C(CC(C)=O)c3cc(F)ccc32)cc1. The molecule has 0 saturated carbocycles. The Bertz CT molecular complexity index is 2240. The molecule has 4 aromatic carbocycles. The third-order valence-electron chi connectivity index (χ3n) is 8.71. The van der Waals surface area contributed by atoms with Crippen molar-refractivity contribution in [3.8, 4) is 0 Å². The van der Waals surface area contributed by atoms with Crippen molar-refractivity contribution in [3.05, 3.63) is 141 Å². The summed E-state index contributed by atoms with van der Waals surface area (Å²) < 4.78 is 50.5. The molecule has 0 spiro atoms. The number of halogens is 2. The van der Waals surface area contributed by atoms with Gasteiger partial charge in [-0.25, -0.2) is 17.2 Å². The summed E-state index contributed by atoms with van der Waals surface area (Å²) in [6.07, 6.45) is 7.32. The Kier molecular flexibility index (Phi) is 10.9. The summed E-state index contributed by atoms with van der Waals surface area (Å²) in [6, 6.07) is 23.9. The van der Waals surface area contributed by atoms with Crippen LogP contribution < -0.4 is 0 Å². The van der Waals surface area contributed by atoms with E-state index in [2.05, 4.69) is 36.6 Å². The zero-order chi connectivity index (χ0) is 36.3. The highest BCUT2D eigenvalue weighted by Crippen LogP contribution is 2.45. The van der Waals surface area contributed by atoms with E-state index in [4.69, 9.17) is 5.11 Å². The molecule has 0 atom stereocenters. The normalized spacial score (nSPS) is 15.3. The van der Waals surface area contributed by atoms with E-state index in [9.17, 15) is 26.8 Å². The fourth-order valence-corrected chi connectivity index (χ4v) is 7.25. The number of Topliss-reactive ketones (excluding diaryl/α,β-unsaturated/α-hetero) is 1. The maximum Gasteiger partial charge on any atom is 0.307 e. The largest absolute Gasteiger partial charge is 0.481 e. The van der Waals surface area contributed by atoms with E-state index in [1.54, 1.807) is 36.9 Å². The lowest BCUT2D eigenvalue weighted by molar-refractivity contribution is -0.135. The van der Waals surface area contributed by atoms with Gasteiger partial charge in [0.15, 0.2) is 9.84 Å². The smallest absolute Gasteiger partial charge is 0.307 e. The monoisotopic (exact) mass is 710 g/mol. The van der Waals surface area contributed by atoms with Gasteiger partial charge in [0.25, 0.3) is 0 Å². The van der Waals surface area contributed by atoms with Crippen LogP contribution in [0.2, 0.25) is 0 Å². The topological polar surface area (TPSA) is 88.5 Å². The van der Waals surface area contributed by atoms with E-state index in [0.29, 0.717) is 17.6 Å². The van der Waals surface area contributed by atoms with Crippen LogP contribution in [0.3, 0.4) is 0 Å². The highest BCUT2D eigenvalue weighted by molar-refractivity contribution is 7.98. The zero-order valence-electron chi connectivity index (χ0n) is 28.3. The molecule has 0 aliphatic heterocycles. The Morgan fingerprint density at radius 2 is 1.14 bits per heavy atom.